The number of piperidine rings is 1. The standard InChI is InChI=1S/C30H30F2N8O/c1-17-24(18-4-6-19(7-5-18)25(31)32)39-29(37-17)30(2)10-12-40(13-11-30)27-21-14-23(38-26(21)35-16-36-27)20-8-9-22(34-15-20)28(41)33-3/h4-9,14-16,25H,10-13H2,1-3H3,(H,33,41)(H,37,39)(H,35,36,38). The number of amides is 1. The Hall–Kier alpha value is -4.67. The summed E-state index contributed by atoms with van der Waals surface area (Å²) in [4.78, 5) is 39.2. The maximum Gasteiger partial charge on any atom is 0.269 e. The number of aryl methyl sites for hydroxylation is 1. The van der Waals surface area contributed by atoms with Crippen LogP contribution in [-0.2, 0) is 5.41 Å². The summed E-state index contributed by atoms with van der Waals surface area (Å²) in [6.45, 7) is 5.72. The molecule has 6 rings (SSSR count). The number of aromatic nitrogens is 6. The van der Waals surface area contributed by atoms with Crippen molar-refractivity contribution >= 4 is 22.8 Å². The zero-order valence-corrected chi connectivity index (χ0v) is 23.0. The first kappa shape index (κ1) is 26.5. The minimum atomic E-state index is -2.49. The Morgan fingerprint density at radius 1 is 1.02 bits per heavy atom. The fraction of sp³-hybridized carbons (Fsp3) is 0.300. The van der Waals surface area contributed by atoms with Gasteiger partial charge in [-0.25, -0.2) is 23.7 Å². The average molecular weight is 557 g/mol. The predicted octanol–water partition coefficient (Wildman–Crippen LogP) is 5.57. The summed E-state index contributed by atoms with van der Waals surface area (Å²) in [7, 11) is 1.57. The van der Waals surface area contributed by atoms with Crippen LogP contribution >= 0.6 is 0 Å². The molecule has 1 aromatic carbocycles. The minimum Gasteiger partial charge on any atom is -0.356 e. The number of hydrogen-bond donors (Lipinski definition) is 3. The maximum absolute atomic E-state index is 13.0. The molecule has 0 radical (unpaired) electrons. The Balaban J connectivity index is 1.21. The van der Waals surface area contributed by atoms with Crippen LogP contribution < -0.4 is 10.2 Å². The fourth-order valence-corrected chi connectivity index (χ4v) is 5.42. The number of H-pyrrole nitrogens is 2. The van der Waals surface area contributed by atoms with E-state index in [9.17, 15) is 13.6 Å². The number of alkyl halides is 2. The van der Waals surface area contributed by atoms with Crippen LogP contribution in [0.15, 0.2) is 55.0 Å². The van der Waals surface area contributed by atoms with Crippen LogP contribution in [-0.4, -0.2) is 55.9 Å². The smallest absolute Gasteiger partial charge is 0.269 e. The Kier molecular flexibility index (Phi) is 6.72. The predicted molar refractivity (Wildman–Crippen MR) is 153 cm³/mol. The van der Waals surface area contributed by atoms with Crippen LogP contribution in [0.2, 0.25) is 0 Å². The van der Waals surface area contributed by atoms with Gasteiger partial charge in [0.15, 0.2) is 0 Å². The highest BCUT2D eigenvalue weighted by Gasteiger charge is 2.36. The zero-order chi connectivity index (χ0) is 28.7. The van der Waals surface area contributed by atoms with Crippen LogP contribution in [0, 0.1) is 6.92 Å². The van der Waals surface area contributed by atoms with Gasteiger partial charge in [0, 0.05) is 48.6 Å². The van der Waals surface area contributed by atoms with E-state index in [0.717, 1.165) is 76.8 Å². The van der Waals surface area contributed by atoms with E-state index in [0.29, 0.717) is 5.69 Å². The molecule has 4 aromatic heterocycles. The van der Waals surface area contributed by atoms with E-state index < -0.39 is 6.43 Å². The minimum absolute atomic E-state index is 0.00874. The number of anilines is 1. The third-order valence-electron chi connectivity index (χ3n) is 8.01. The fourth-order valence-electron chi connectivity index (χ4n) is 5.42. The summed E-state index contributed by atoms with van der Waals surface area (Å²) in [5, 5.41) is 3.50. The Morgan fingerprint density at radius 3 is 2.41 bits per heavy atom. The lowest BCUT2D eigenvalue weighted by Crippen LogP contribution is -2.42. The molecular weight excluding hydrogens is 526 g/mol. The molecule has 1 fully saturated rings. The van der Waals surface area contributed by atoms with Gasteiger partial charge in [-0.3, -0.25) is 9.78 Å². The third kappa shape index (κ3) is 4.92. The van der Waals surface area contributed by atoms with Crippen molar-refractivity contribution in [2.45, 2.75) is 38.5 Å². The van der Waals surface area contributed by atoms with Gasteiger partial charge in [-0.15, -0.1) is 0 Å². The molecule has 1 aliphatic heterocycles. The van der Waals surface area contributed by atoms with Gasteiger partial charge < -0.3 is 20.2 Å². The summed E-state index contributed by atoms with van der Waals surface area (Å²) in [6, 6.07) is 11.9. The largest absolute Gasteiger partial charge is 0.356 e. The molecule has 0 atom stereocenters. The topological polar surface area (TPSA) is 115 Å². The Morgan fingerprint density at radius 2 is 1.76 bits per heavy atom. The van der Waals surface area contributed by atoms with Crippen LogP contribution in [0.4, 0.5) is 14.6 Å². The molecular formula is C30H30F2N8O. The van der Waals surface area contributed by atoms with Gasteiger partial charge in [0.25, 0.3) is 12.3 Å². The van der Waals surface area contributed by atoms with E-state index in [1.54, 1.807) is 37.8 Å². The molecule has 1 saturated heterocycles. The van der Waals surface area contributed by atoms with Crippen molar-refractivity contribution < 1.29 is 13.6 Å². The van der Waals surface area contributed by atoms with Gasteiger partial charge in [-0.1, -0.05) is 31.2 Å². The van der Waals surface area contributed by atoms with Crippen LogP contribution in [0.5, 0.6) is 0 Å². The number of carbonyl (C=O) groups excluding carboxylic acids is 1. The lowest BCUT2D eigenvalue weighted by Gasteiger charge is -2.38. The van der Waals surface area contributed by atoms with Crippen molar-refractivity contribution in [2.75, 3.05) is 25.0 Å². The molecule has 5 aromatic rings. The first-order valence-corrected chi connectivity index (χ1v) is 13.5. The van der Waals surface area contributed by atoms with Crippen molar-refractivity contribution in [3.05, 3.63) is 77.8 Å². The second-order valence-corrected chi connectivity index (χ2v) is 10.7. The molecule has 210 valence electrons. The lowest BCUT2D eigenvalue weighted by molar-refractivity contribution is 0.0958. The zero-order valence-electron chi connectivity index (χ0n) is 23.0. The number of fused-ring (bicyclic) bond motifs is 1. The Labute approximate surface area is 235 Å². The van der Waals surface area contributed by atoms with Crippen molar-refractivity contribution in [3.63, 3.8) is 0 Å². The molecule has 11 heteroatoms. The highest BCUT2D eigenvalue weighted by molar-refractivity contribution is 5.93. The molecule has 5 heterocycles. The molecule has 1 amide bonds. The van der Waals surface area contributed by atoms with Crippen LogP contribution in [0.3, 0.4) is 0 Å². The SMILES string of the molecule is CNC(=O)c1ccc(-c2cc3c(N4CCC(C)(c5nc(C)c(-c6ccc(C(F)F)cc6)[nH]5)CC4)ncnc3[nH]2)cn1. The number of nitrogens with zero attached hydrogens (tertiary/aromatic N) is 5. The van der Waals surface area contributed by atoms with E-state index in [1.165, 1.54) is 12.1 Å². The maximum atomic E-state index is 13.0. The first-order chi connectivity index (χ1) is 19.8. The van der Waals surface area contributed by atoms with Crippen LogP contribution in [0.25, 0.3) is 33.5 Å². The Bertz CT molecular complexity index is 1700. The second-order valence-electron chi connectivity index (χ2n) is 10.7. The molecule has 0 bridgehead atoms. The monoisotopic (exact) mass is 556 g/mol. The number of benzene rings is 1. The number of imidazole rings is 1. The number of aromatic amines is 2. The van der Waals surface area contributed by atoms with E-state index in [-0.39, 0.29) is 16.9 Å². The van der Waals surface area contributed by atoms with E-state index >= 15 is 0 Å². The van der Waals surface area contributed by atoms with Crippen molar-refractivity contribution in [3.8, 4) is 22.5 Å². The number of carbonyl (C=O) groups is 1. The summed E-state index contributed by atoms with van der Waals surface area (Å²) in [5.74, 6) is 1.54. The van der Waals surface area contributed by atoms with Gasteiger partial charge in [0.1, 0.15) is 29.3 Å². The number of nitrogens with one attached hydrogen (secondary N) is 3. The summed E-state index contributed by atoms with van der Waals surface area (Å²) in [6.07, 6.45) is 2.47. The summed E-state index contributed by atoms with van der Waals surface area (Å²) in [5.41, 5.74) is 5.18. The lowest BCUT2D eigenvalue weighted by atomic mass is 9.79. The molecule has 41 heavy (non-hydrogen) atoms. The molecule has 1 aliphatic rings. The summed E-state index contributed by atoms with van der Waals surface area (Å²) < 4.78 is 26.0. The van der Waals surface area contributed by atoms with Crippen molar-refractivity contribution in [1.29, 1.82) is 0 Å². The van der Waals surface area contributed by atoms with Crippen LogP contribution in [0.1, 0.15) is 53.8 Å². The quantitative estimate of drug-likeness (QED) is 0.252. The van der Waals surface area contributed by atoms with Gasteiger partial charge in [0.05, 0.1) is 16.8 Å². The second kappa shape index (κ2) is 10.4. The highest BCUT2D eigenvalue weighted by Crippen LogP contribution is 2.38. The van der Waals surface area contributed by atoms with Gasteiger partial charge in [-0.2, -0.15) is 0 Å². The van der Waals surface area contributed by atoms with Gasteiger partial charge in [-0.05, 0) is 43.5 Å². The third-order valence-corrected chi connectivity index (χ3v) is 8.01. The van der Waals surface area contributed by atoms with Gasteiger partial charge in [0.2, 0.25) is 0 Å². The normalized spacial score (nSPS) is 15.0. The van der Waals surface area contributed by atoms with E-state index in [2.05, 4.69) is 42.1 Å². The number of rotatable bonds is 6. The van der Waals surface area contributed by atoms with E-state index in [1.807, 2.05) is 19.1 Å². The van der Waals surface area contributed by atoms with Crippen molar-refractivity contribution in [1.82, 2.24) is 35.2 Å². The molecule has 0 spiro atoms. The molecule has 0 saturated carbocycles. The summed E-state index contributed by atoms with van der Waals surface area (Å²) >= 11 is 0. The number of hydrogen-bond acceptors (Lipinski definition) is 6. The first-order valence-electron chi connectivity index (χ1n) is 13.5. The molecule has 0 unspecified atom stereocenters. The van der Waals surface area contributed by atoms with E-state index in [4.69, 9.17) is 4.98 Å². The molecule has 9 nitrogen and oxygen atoms in total. The molecule has 0 aliphatic carbocycles. The highest BCUT2D eigenvalue weighted by atomic mass is 19.3. The number of pyridine rings is 1. The van der Waals surface area contributed by atoms with Gasteiger partial charge >= 0.3 is 0 Å². The molecule has 3 N–H and O–H groups in total. The van der Waals surface area contributed by atoms with Crippen molar-refractivity contribution in [2.24, 2.45) is 0 Å². The number of halogens is 2. The average Bonchev–Trinajstić information content (AvgIpc) is 3.61.